The van der Waals surface area contributed by atoms with Gasteiger partial charge in [-0.2, -0.15) is 9.40 Å². The Hall–Kier alpha value is -2.44. The zero-order valence-corrected chi connectivity index (χ0v) is 16.9. The van der Waals surface area contributed by atoms with Gasteiger partial charge in [0, 0.05) is 19.0 Å². The third-order valence-corrected chi connectivity index (χ3v) is 6.15. The molecular formula is C21H25N3O2S. The normalized spacial score (nSPS) is 12.5. The average molecular weight is 384 g/mol. The van der Waals surface area contributed by atoms with Gasteiger partial charge in [-0.25, -0.2) is 13.1 Å². The van der Waals surface area contributed by atoms with E-state index in [2.05, 4.69) is 5.10 Å². The maximum atomic E-state index is 13.3. The van der Waals surface area contributed by atoms with Gasteiger partial charge in [-0.05, 0) is 17.7 Å². The minimum Gasteiger partial charge on any atom is -0.239 e. The molecule has 2 aromatic carbocycles. The van der Waals surface area contributed by atoms with Crippen LogP contribution in [0.1, 0.15) is 32.0 Å². The number of nitrogens with zero attached hydrogens (tertiary/aromatic N) is 3. The Morgan fingerprint density at radius 3 is 2.07 bits per heavy atom. The summed E-state index contributed by atoms with van der Waals surface area (Å²) < 4.78 is 29.7. The first-order chi connectivity index (χ1) is 12.7. The van der Waals surface area contributed by atoms with Gasteiger partial charge in [0.2, 0.25) is 10.0 Å². The zero-order valence-electron chi connectivity index (χ0n) is 16.1. The summed E-state index contributed by atoms with van der Waals surface area (Å²) in [7, 11) is -2.08. The molecule has 6 heteroatoms. The number of benzene rings is 2. The third kappa shape index (κ3) is 4.12. The Labute approximate surface area is 161 Å². The van der Waals surface area contributed by atoms with E-state index in [-0.39, 0.29) is 4.90 Å². The van der Waals surface area contributed by atoms with Crippen LogP contribution in [0, 0.1) is 0 Å². The molecule has 0 unspecified atom stereocenters. The van der Waals surface area contributed by atoms with Crippen LogP contribution in [-0.4, -0.2) is 29.6 Å². The van der Waals surface area contributed by atoms with Gasteiger partial charge in [0.1, 0.15) is 4.90 Å². The van der Waals surface area contributed by atoms with Crippen LogP contribution in [0.4, 0.5) is 0 Å². The number of sulfonamides is 1. The van der Waals surface area contributed by atoms with Crippen molar-refractivity contribution >= 4 is 10.0 Å². The van der Waals surface area contributed by atoms with Crippen molar-refractivity contribution in [2.75, 3.05) is 7.05 Å². The van der Waals surface area contributed by atoms with Gasteiger partial charge in [0.05, 0.1) is 17.6 Å². The molecule has 0 atom stereocenters. The number of hydrogen-bond donors (Lipinski definition) is 0. The van der Waals surface area contributed by atoms with E-state index in [0.29, 0.717) is 12.2 Å². The molecule has 0 N–H and O–H groups in total. The highest BCUT2D eigenvalue weighted by molar-refractivity contribution is 7.89. The number of rotatable bonds is 5. The van der Waals surface area contributed by atoms with Crippen molar-refractivity contribution in [1.82, 2.24) is 14.1 Å². The van der Waals surface area contributed by atoms with Crippen molar-refractivity contribution < 1.29 is 8.42 Å². The topological polar surface area (TPSA) is 55.2 Å². The van der Waals surface area contributed by atoms with Gasteiger partial charge in [-0.15, -0.1) is 0 Å². The lowest BCUT2D eigenvalue weighted by Gasteiger charge is -2.21. The monoisotopic (exact) mass is 383 g/mol. The Balaban J connectivity index is 2.04. The highest BCUT2D eigenvalue weighted by Gasteiger charge is 2.32. The summed E-state index contributed by atoms with van der Waals surface area (Å²) in [5.41, 5.74) is 1.92. The summed E-state index contributed by atoms with van der Waals surface area (Å²) in [4.78, 5) is 0.247. The average Bonchev–Trinajstić information content (AvgIpc) is 3.10. The third-order valence-electron chi connectivity index (χ3n) is 4.35. The minimum absolute atomic E-state index is 0.247. The van der Waals surface area contributed by atoms with Crippen LogP contribution in [0.15, 0.2) is 71.8 Å². The largest absolute Gasteiger partial charge is 0.246 e. The van der Waals surface area contributed by atoms with E-state index < -0.39 is 15.4 Å². The van der Waals surface area contributed by atoms with Crippen molar-refractivity contribution in [2.24, 2.45) is 0 Å². The Kier molecular flexibility index (Phi) is 5.22. The first-order valence-electron chi connectivity index (χ1n) is 8.85. The van der Waals surface area contributed by atoms with Crippen LogP contribution in [0.25, 0.3) is 5.69 Å². The summed E-state index contributed by atoms with van der Waals surface area (Å²) in [6.07, 6.45) is 1.62. The molecule has 3 rings (SSSR count). The second-order valence-corrected chi connectivity index (χ2v) is 9.63. The molecular weight excluding hydrogens is 358 g/mol. The minimum atomic E-state index is -3.69. The van der Waals surface area contributed by atoms with Gasteiger partial charge >= 0.3 is 0 Å². The standard InChI is InChI=1S/C21H25N3O2S/c1-21(2,3)20-19(16-24(22-20)18-13-9-6-10-14-18)27(25,26)23(4)15-17-11-7-5-8-12-17/h5-14,16H,15H2,1-4H3. The molecule has 27 heavy (non-hydrogen) atoms. The van der Waals surface area contributed by atoms with Gasteiger partial charge in [-0.3, -0.25) is 0 Å². The van der Waals surface area contributed by atoms with E-state index in [1.165, 1.54) is 4.31 Å². The second kappa shape index (κ2) is 7.29. The van der Waals surface area contributed by atoms with E-state index in [1.54, 1.807) is 17.9 Å². The fourth-order valence-corrected chi connectivity index (χ4v) is 4.35. The second-order valence-electron chi connectivity index (χ2n) is 7.62. The molecule has 0 aliphatic heterocycles. The van der Waals surface area contributed by atoms with Crippen LogP contribution in [0.5, 0.6) is 0 Å². The molecule has 3 aromatic rings. The van der Waals surface area contributed by atoms with E-state index in [1.807, 2.05) is 81.4 Å². The van der Waals surface area contributed by atoms with Gasteiger partial charge in [0.25, 0.3) is 0 Å². The lowest BCUT2D eigenvalue weighted by Crippen LogP contribution is -2.28. The van der Waals surface area contributed by atoms with Crippen molar-refractivity contribution in [2.45, 2.75) is 37.6 Å². The lowest BCUT2D eigenvalue weighted by molar-refractivity contribution is 0.461. The highest BCUT2D eigenvalue weighted by atomic mass is 32.2. The summed E-state index contributed by atoms with van der Waals surface area (Å²) >= 11 is 0. The smallest absolute Gasteiger partial charge is 0.239 e. The summed E-state index contributed by atoms with van der Waals surface area (Å²) in [5, 5.41) is 4.62. The van der Waals surface area contributed by atoms with Crippen molar-refractivity contribution in [3.8, 4) is 5.69 Å². The molecule has 0 radical (unpaired) electrons. The SMILES string of the molecule is CN(Cc1ccccc1)S(=O)(=O)c1cn(-c2ccccc2)nc1C(C)(C)C. The van der Waals surface area contributed by atoms with Gasteiger partial charge in [0.15, 0.2) is 0 Å². The first-order valence-corrected chi connectivity index (χ1v) is 10.3. The zero-order chi connectivity index (χ0) is 19.7. The van der Waals surface area contributed by atoms with Crippen LogP contribution in [-0.2, 0) is 22.0 Å². The predicted molar refractivity (Wildman–Crippen MR) is 107 cm³/mol. The van der Waals surface area contributed by atoms with E-state index >= 15 is 0 Å². The predicted octanol–water partition coefficient (Wildman–Crippen LogP) is 3.99. The Bertz CT molecular complexity index is 1000. The molecule has 0 aliphatic carbocycles. The van der Waals surface area contributed by atoms with Gasteiger partial charge in [-0.1, -0.05) is 69.3 Å². The molecule has 1 aromatic heterocycles. The van der Waals surface area contributed by atoms with E-state index in [0.717, 1.165) is 11.3 Å². The Morgan fingerprint density at radius 2 is 1.52 bits per heavy atom. The van der Waals surface area contributed by atoms with Crippen molar-refractivity contribution in [3.05, 3.63) is 78.1 Å². The van der Waals surface area contributed by atoms with Crippen molar-refractivity contribution in [3.63, 3.8) is 0 Å². The maximum Gasteiger partial charge on any atom is 0.246 e. The fraction of sp³-hybridized carbons (Fsp3) is 0.286. The fourth-order valence-electron chi connectivity index (χ4n) is 2.87. The molecule has 0 spiro atoms. The molecule has 0 aliphatic rings. The summed E-state index contributed by atoms with van der Waals surface area (Å²) in [6.45, 7) is 6.23. The number of aromatic nitrogens is 2. The molecule has 0 saturated heterocycles. The highest BCUT2D eigenvalue weighted by Crippen LogP contribution is 2.30. The molecule has 5 nitrogen and oxygen atoms in total. The molecule has 142 valence electrons. The quantitative estimate of drug-likeness (QED) is 0.669. The van der Waals surface area contributed by atoms with Crippen LogP contribution < -0.4 is 0 Å². The summed E-state index contributed by atoms with van der Waals surface area (Å²) in [5.74, 6) is 0. The molecule has 0 saturated carbocycles. The first kappa shape index (κ1) is 19.3. The molecule has 0 fully saturated rings. The summed E-state index contributed by atoms with van der Waals surface area (Å²) in [6, 6.07) is 19.1. The van der Waals surface area contributed by atoms with Crippen LogP contribution >= 0.6 is 0 Å². The van der Waals surface area contributed by atoms with Crippen molar-refractivity contribution in [1.29, 1.82) is 0 Å². The van der Waals surface area contributed by atoms with Crippen LogP contribution in [0.3, 0.4) is 0 Å². The Morgan fingerprint density at radius 1 is 0.963 bits per heavy atom. The van der Waals surface area contributed by atoms with Crippen LogP contribution in [0.2, 0.25) is 0 Å². The molecule has 0 bridgehead atoms. The maximum absolute atomic E-state index is 13.3. The van der Waals surface area contributed by atoms with Gasteiger partial charge < -0.3 is 0 Å². The molecule has 0 amide bonds. The number of hydrogen-bond acceptors (Lipinski definition) is 3. The van der Waals surface area contributed by atoms with E-state index in [9.17, 15) is 8.42 Å². The number of para-hydroxylation sites is 1. The lowest BCUT2D eigenvalue weighted by atomic mass is 9.92. The van der Waals surface area contributed by atoms with E-state index in [4.69, 9.17) is 0 Å². The molecule has 1 heterocycles.